The summed E-state index contributed by atoms with van der Waals surface area (Å²) in [6.45, 7) is 3.22. The van der Waals surface area contributed by atoms with E-state index in [1.165, 1.54) is 7.11 Å². The molecule has 98 valence electrons. The Hall–Kier alpha value is -2.08. The minimum atomic E-state index is -0.966. The van der Waals surface area contributed by atoms with Crippen LogP contribution in [0.1, 0.15) is 13.8 Å². The Morgan fingerprint density at radius 3 is 2.28 bits per heavy atom. The minimum absolute atomic E-state index is 0.308. The van der Waals surface area contributed by atoms with E-state index < -0.39 is 11.6 Å². The molecule has 0 unspecified atom stereocenters. The van der Waals surface area contributed by atoms with E-state index in [0.29, 0.717) is 11.4 Å². The molecule has 0 saturated heterocycles. The van der Waals surface area contributed by atoms with Crippen molar-refractivity contribution in [2.45, 2.75) is 19.4 Å². The number of carbonyl (C=O) groups is 2. The lowest BCUT2D eigenvalue weighted by Crippen LogP contribution is -2.45. The van der Waals surface area contributed by atoms with Crippen molar-refractivity contribution in [2.75, 3.05) is 17.7 Å². The Kier molecular flexibility index (Phi) is 4.28. The molecule has 0 atom stereocenters. The van der Waals surface area contributed by atoms with Gasteiger partial charge >= 0.3 is 6.09 Å². The topological polar surface area (TPSA) is 93.5 Å². The van der Waals surface area contributed by atoms with Gasteiger partial charge < -0.3 is 15.8 Å². The average Bonchev–Trinajstić information content (AvgIpc) is 2.28. The van der Waals surface area contributed by atoms with Gasteiger partial charge in [-0.3, -0.25) is 10.1 Å². The molecule has 0 spiro atoms. The number of hydrogen-bond acceptors (Lipinski definition) is 4. The number of ether oxygens (including phenoxy) is 1. The van der Waals surface area contributed by atoms with Gasteiger partial charge in [0.1, 0.15) is 0 Å². The van der Waals surface area contributed by atoms with Crippen LogP contribution in [0.5, 0.6) is 0 Å². The van der Waals surface area contributed by atoms with Crippen LogP contribution >= 0.6 is 0 Å². The van der Waals surface area contributed by atoms with Gasteiger partial charge in [0.05, 0.1) is 12.6 Å². The third-order valence-corrected chi connectivity index (χ3v) is 2.14. The normalized spacial score (nSPS) is 10.7. The Morgan fingerprint density at radius 1 is 1.22 bits per heavy atom. The van der Waals surface area contributed by atoms with Gasteiger partial charge in [-0.05, 0) is 32.0 Å². The van der Waals surface area contributed by atoms with E-state index in [4.69, 9.17) is 5.73 Å². The second kappa shape index (κ2) is 5.50. The van der Waals surface area contributed by atoms with E-state index in [2.05, 4.69) is 15.4 Å². The van der Waals surface area contributed by atoms with Crippen molar-refractivity contribution >= 4 is 23.4 Å². The van der Waals surface area contributed by atoms with Crippen molar-refractivity contribution < 1.29 is 14.3 Å². The van der Waals surface area contributed by atoms with Gasteiger partial charge in [0.2, 0.25) is 5.91 Å². The van der Waals surface area contributed by atoms with Crippen LogP contribution in [0.25, 0.3) is 0 Å². The molecule has 0 aromatic heterocycles. The van der Waals surface area contributed by atoms with Crippen LogP contribution in [0.2, 0.25) is 0 Å². The molecule has 18 heavy (non-hydrogen) atoms. The van der Waals surface area contributed by atoms with Gasteiger partial charge in [-0.2, -0.15) is 0 Å². The lowest BCUT2D eigenvalue weighted by molar-refractivity contribution is -0.120. The zero-order valence-corrected chi connectivity index (χ0v) is 10.6. The van der Waals surface area contributed by atoms with Crippen LogP contribution in [-0.4, -0.2) is 24.6 Å². The monoisotopic (exact) mass is 251 g/mol. The fourth-order valence-corrected chi connectivity index (χ4v) is 1.14. The molecule has 0 bridgehead atoms. The summed E-state index contributed by atoms with van der Waals surface area (Å²) in [6.07, 6.45) is -0.572. The summed E-state index contributed by atoms with van der Waals surface area (Å²) >= 11 is 0. The summed E-state index contributed by atoms with van der Waals surface area (Å²) in [6, 6.07) is 6.69. The van der Waals surface area contributed by atoms with Gasteiger partial charge in [-0.15, -0.1) is 0 Å². The van der Waals surface area contributed by atoms with E-state index in [0.717, 1.165) is 0 Å². The summed E-state index contributed by atoms with van der Waals surface area (Å²) in [4.78, 5) is 22.7. The predicted octanol–water partition coefficient (Wildman–Crippen LogP) is 1.54. The molecule has 0 saturated carbocycles. The van der Waals surface area contributed by atoms with Crippen LogP contribution < -0.4 is 16.4 Å². The van der Waals surface area contributed by atoms with Crippen LogP contribution in [0.15, 0.2) is 24.3 Å². The van der Waals surface area contributed by atoms with Crippen LogP contribution in [-0.2, 0) is 9.53 Å². The molecule has 2 amide bonds. The third kappa shape index (κ3) is 4.06. The highest BCUT2D eigenvalue weighted by Gasteiger charge is 2.21. The largest absolute Gasteiger partial charge is 0.453 e. The number of carbonyl (C=O) groups excluding carboxylic acids is 2. The maximum Gasteiger partial charge on any atom is 0.411 e. The SMILES string of the molecule is COC(=O)Nc1cccc(NC(=O)C(C)(C)N)c1. The molecule has 1 rings (SSSR count). The van der Waals surface area contributed by atoms with E-state index in [-0.39, 0.29) is 5.91 Å². The first-order valence-electron chi connectivity index (χ1n) is 5.38. The van der Waals surface area contributed by atoms with Crippen molar-refractivity contribution in [3.8, 4) is 0 Å². The zero-order chi connectivity index (χ0) is 13.8. The summed E-state index contributed by atoms with van der Waals surface area (Å²) in [5.41, 5.74) is 5.77. The van der Waals surface area contributed by atoms with Gasteiger partial charge in [0.25, 0.3) is 0 Å². The van der Waals surface area contributed by atoms with Crippen molar-refractivity contribution in [3.63, 3.8) is 0 Å². The Labute approximate surface area is 105 Å². The molecule has 6 nitrogen and oxygen atoms in total. The first kappa shape index (κ1) is 14.0. The fourth-order valence-electron chi connectivity index (χ4n) is 1.14. The summed E-state index contributed by atoms with van der Waals surface area (Å²) in [5.74, 6) is -0.308. The lowest BCUT2D eigenvalue weighted by atomic mass is 10.1. The predicted molar refractivity (Wildman–Crippen MR) is 69.4 cm³/mol. The lowest BCUT2D eigenvalue weighted by Gasteiger charge is -2.18. The Balaban J connectivity index is 2.77. The van der Waals surface area contributed by atoms with Crippen molar-refractivity contribution in [1.82, 2.24) is 0 Å². The third-order valence-electron chi connectivity index (χ3n) is 2.14. The number of benzene rings is 1. The molecule has 1 aromatic rings. The first-order chi connectivity index (χ1) is 8.32. The molecule has 6 heteroatoms. The first-order valence-corrected chi connectivity index (χ1v) is 5.38. The maximum absolute atomic E-state index is 11.7. The molecule has 0 aliphatic carbocycles. The minimum Gasteiger partial charge on any atom is -0.453 e. The molecule has 1 aromatic carbocycles. The van der Waals surface area contributed by atoms with E-state index in [1.807, 2.05) is 0 Å². The molecular weight excluding hydrogens is 234 g/mol. The van der Waals surface area contributed by atoms with E-state index in [9.17, 15) is 9.59 Å². The maximum atomic E-state index is 11.7. The van der Waals surface area contributed by atoms with Crippen LogP contribution in [0, 0.1) is 0 Å². The fraction of sp³-hybridized carbons (Fsp3) is 0.333. The molecule has 0 aliphatic heterocycles. The molecule has 0 radical (unpaired) electrons. The average molecular weight is 251 g/mol. The molecule has 4 N–H and O–H groups in total. The van der Waals surface area contributed by atoms with Crippen molar-refractivity contribution in [3.05, 3.63) is 24.3 Å². The van der Waals surface area contributed by atoms with Gasteiger partial charge in [-0.1, -0.05) is 6.07 Å². The zero-order valence-electron chi connectivity index (χ0n) is 10.6. The second-order valence-electron chi connectivity index (χ2n) is 4.37. The van der Waals surface area contributed by atoms with Gasteiger partial charge in [-0.25, -0.2) is 4.79 Å². The molecule has 0 aliphatic rings. The van der Waals surface area contributed by atoms with Crippen molar-refractivity contribution in [1.29, 1.82) is 0 Å². The van der Waals surface area contributed by atoms with Crippen molar-refractivity contribution in [2.24, 2.45) is 5.73 Å². The van der Waals surface area contributed by atoms with E-state index >= 15 is 0 Å². The Bertz CT molecular complexity index is 452. The number of nitrogens with one attached hydrogen (secondary N) is 2. The summed E-state index contributed by atoms with van der Waals surface area (Å²) in [5, 5.41) is 5.16. The highest BCUT2D eigenvalue weighted by molar-refractivity contribution is 5.98. The summed E-state index contributed by atoms with van der Waals surface area (Å²) < 4.78 is 4.47. The van der Waals surface area contributed by atoms with Gasteiger partial charge in [0, 0.05) is 11.4 Å². The van der Waals surface area contributed by atoms with E-state index in [1.54, 1.807) is 38.1 Å². The highest BCUT2D eigenvalue weighted by atomic mass is 16.5. The quantitative estimate of drug-likeness (QED) is 0.759. The second-order valence-corrected chi connectivity index (χ2v) is 4.37. The summed E-state index contributed by atoms with van der Waals surface area (Å²) in [7, 11) is 1.28. The van der Waals surface area contributed by atoms with Gasteiger partial charge in [0.15, 0.2) is 0 Å². The molecular formula is C12H17N3O3. The van der Waals surface area contributed by atoms with Crippen LogP contribution in [0.4, 0.5) is 16.2 Å². The standard InChI is InChI=1S/C12H17N3O3/c1-12(2,13)10(16)14-8-5-4-6-9(7-8)15-11(17)18-3/h4-7H,13H2,1-3H3,(H,14,16)(H,15,17). The number of amides is 2. The number of anilines is 2. The number of hydrogen-bond donors (Lipinski definition) is 3. The number of methoxy groups -OCH3 is 1. The molecule has 0 heterocycles. The number of nitrogens with two attached hydrogens (primary N) is 1. The smallest absolute Gasteiger partial charge is 0.411 e. The van der Waals surface area contributed by atoms with Crippen LogP contribution in [0.3, 0.4) is 0 Å². The molecule has 0 fully saturated rings. The Morgan fingerprint density at radius 2 is 1.78 bits per heavy atom. The highest BCUT2D eigenvalue weighted by Crippen LogP contribution is 2.16. The number of rotatable bonds is 3.